The molecule has 2 aromatic heterocycles. The van der Waals surface area contributed by atoms with Crippen LogP contribution in [0.3, 0.4) is 0 Å². The van der Waals surface area contributed by atoms with E-state index in [0.717, 1.165) is 43.9 Å². The van der Waals surface area contributed by atoms with Crippen LogP contribution in [-0.4, -0.2) is 17.3 Å². The van der Waals surface area contributed by atoms with Gasteiger partial charge in [0.15, 0.2) is 5.58 Å². The summed E-state index contributed by atoms with van der Waals surface area (Å²) in [5, 5.41) is 15.9. The molecule has 6 aromatic carbocycles. The van der Waals surface area contributed by atoms with E-state index in [4.69, 9.17) is 9.07 Å². The Bertz CT molecular complexity index is 2190. The number of aromatic nitrogens is 1. The van der Waals surface area contributed by atoms with E-state index in [9.17, 15) is 5.02 Å². The van der Waals surface area contributed by atoms with Crippen LogP contribution < -0.4 is 4.65 Å². The monoisotopic (exact) mass is 502 g/mol. The van der Waals surface area contributed by atoms with Gasteiger partial charge in [-0.15, -0.1) is 0 Å². The summed E-state index contributed by atoms with van der Waals surface area (Å²) >= 11 is 0. The number of rotatable bonds is 4. The van der Waals surface area contributed by atoms with Crippen LogP contribution in [0.1, 0.15) is 0 Å². The van der Waals surface area contributed by atoms with Crippen LogP contribution in [0.4, 0.5) is 0 Å². The van der Waals surface area contributed by atoms with Gasteiger partial charge in [0.25, 0.3) is 0 Å². The fourth-order valence-corrected chi connectivity index (χ4v) is 5.93. The number of hydrogen-bond acceptors (Lipinski definition) is 3. The molecule has 4 nitrogen and oxygen atoms in total. The number of para-hydroxylation sites is 2. The van der Waals surface area contributed by atoms with Crippen molar-refractivity contribution < 1.29 is 14.1 Å². The molecule has 183 valence electrons. The van der Waals surface area contributed by atoms with E-state index in [1.54, 1.807) is 0 Å². The minimum absolute atomic E-state index is 0.485. The van der Waals surface area contributed by atoms with Crippen molar-refractivity contribution in [1.29, 1.82) is 0 Å². The van der Waals surface area contributed by atoms with Crippen LogP contribution in [0.2, 0.25) is 0 Å². The van der Waals surface area contributed by atoms with E-state index in [1.165, 1.54) is 21.8 Å². The van der Waals surface area contributed by atoms with Crippen molar-refractivity contribution >= 4 is 62.2 Å². The van der Waals surface area contributed by atoms with Crippen LogP contribution in [0.5, 0.6) is 5.75 Å². The van der Waals surface area contributed by atoms with E-state index < -0.39 is 0 Å². The molecule has 0 unspecified atom stereocenters. The molecule has 5 heteroatoms. The van der Waals surface area contributed by atoms with Gasteiger partial charge in [-0.05, 0) is 70.4 Å². The lowest BCUT2D eigenvalue weighted by atomic mass is 9.99. The number of benzene rings is 6. The van der Waals surface area contributed by atoms with E-state index in [-0.39, 0.29) is 0 Å². The van der Waals surface area contributed by atoms with Crippen LogP contribution in [0.15, 0.2) is 126 Å². The van der Waals surface area contributed by atoms with Crippen LogP contribution >= 0.6 is 0 Å². The SMILES string of the molecule is O[B]Oc1cc2ccccc2c2c1oc1cc(-c3ccc4c(c3)c3ccccc3n4-c3ccccc3)ccc12. The van der Waals surface area contributed by atoms with Crippen molar-refractivity contribution in [2.45, 2.75) is 0 Å². The molecular weight excluding hydrogens is 481 g/mol. The van der Waals surface area contributed by atoms with E-state index in [0.29, 0.717) is 19.0 Å². The van der Waals surface area contributed by atoms with E-state index in [2.05, 4.69) is 95.6 Å². The Morgan fingerprint density at radius 2 is 1.33 bits per heavy atom. The van der Waals surface area contributed by atoms with Gasteiger partial charge in [0.05, 0.1) is 11.0 Å². The zero-order valence-electron chi connectivity index (χ0n) is 20.8. The highest BCUT2D eigenvalue weighted by atomic mass is 16.5. The van der Waals surface area contributed by atoms with Crippen LogP contribution in [-0.2, 0) is 0 Å². The summed E-state index contributed by atoms with van der Waals surface area (Å²) in [6, 6.07) is 42.1. The van der Waals surface area contributed by atoms with Gasteiger partial charge < -0.3 is 18.7 Å². The molecule has 0 saturated carbocycles. The molecule has 8 aromatic rings. The number of nitrogens with zero attached hydrogens (tertiary/aromatic N) is 1. The largest absolute Gasteiger partial charge is 0.569 e. The third kappa shape index (κ3) is 3.30. The van der Waals surface area contributed by atoms with Gasteiger partial charge in [0, 0.05) is 27.2 Å². The van der Waals surface area contributed by atoms with Gasteiger partial charge in [-0.3, -0.25) is 0 Å². The fraction of sp³-hybridized carbons (Fsp3) is 0. The van der Waals surface area contributed by atoms with Gasteiger partial charge in [-0.1, -0.05) is 72.8 Å². The molecule has 1 N–H and O–H groups in total. The second kappa shape index (κ2) is 8.52. The standard InChI is InChI=1S/C34H21BNO3/c37-35-39-32-20-23-8-4-5-11-25(23)33-27-16-14-22(19-31(27)38-34(32)33)21-15-17-30-28(18-21)26-12-6-7-13-29(26)36(30)24-9-2-1-3-10-24/h1-20,37H. The molecule has 0 fully saturated rings. The molecule has 39 heavy (non-hydrogen) atoms. The molecular formula is C34H21BNO3. The maximum absolute atomic E-state index is 9.36. The second-order valence-corrected chi connectivity index (χ2v) is 9.76. The predicted molar refractivity (Wildman–Crippen MR) is 160 cm³/mol. The van der Waals surface area contributed by atoms with Gasteiger partial charge >= 0.3 is 7.69 Å². The molecule has 0 spiro atoms. The Hall–Kier alpha value is -5.00. The maximum atomic E-state index is 9.36. The highest BCUT2D eigenvalue weighted by Gasteiger charge is 2.18. The topological polar surface area (TPSA) is 47.5 Å². The number of fused-ring (bicyclic) bond motifs is 8. The average Bonchev–Trinajstić information content (AvgIpc) is 3.54. The zero-order chi connectivity index (χ0) is 25.9. The maximum Gasteiger partial charge on any atom is 0.569 e. The van der Waals surface area contributed by atoms with Crippen molar-refractivity contribution in [3.63, 3.8) is 0 Å². The Kier molecular flexibility index (Phi) is 4.81. The van der Waals surface area contributed by atoms with Crippen LogP contribution in [0.25, 0.3) is 71.3 Å². The molecule has 0 aliphatic rings. The summed E-state index contributed by atoms with van der Waals surface area (Å²) in [4.78, 5) is 0. The first-order valence-corrected chi connectivity index (χ1v) is 12.9. The summed E-state index contributed by atoms with van der Waals surface area (Å²) in [7, 11) is 0.698. The Balaban J connectivity index is 1.35. The lowest BCUT2D eigenvalue weighted by Gasteiger charge is -2.08. The first kappa shape index (κ1) is 22.0. The average molecular weight is 502 g/mol. The van der Waals surface area contributed by atoms with Gasteiger partial charge in [-0.2, -0.15) is 0 Å². The zero-order valence-corrected chi connectivity index (χ0v) is 20.8. The Labute approximate surface area is 224 Å². The Morgan fingerprint density at radius 3 is 2.21 bits per heavy atom. The normalized spacial score (nSPS) is 11.7. The highest BCUT2D eigenvalue weighted by molar-refractivity contribution is 6.23. The molecule has 0 atom stereocenters. The number of furan rings is 1. The lowest BCUT2D eigenvalue weighted by Crippen LogP contribution is -1.99. The minimum Gasteiger partial charge on any atom is -0.535 e. The third-order valence-corrected chi connectivity index (χ3v) is 7.63. The Morgan fingerprint density at radius 1 is 0.615 bits per heavy atom. The van der Waals surface area contributed by atoms with Gasteiger partial charge in [-0.25, -0.2) is 0 Å². The summed E-state index contributed by atoms with van der Waals surface area (Å²) < 4.78 is 14.1. The van der Waals surface area contributed by atoms with E-state index >= 15 is 0 Å². The van der Waals surface area contributed by atoms with Gasteiger partial charge in [0.1, 0.15) is 11.3 Å². The molecule has 0 aliphatic heterocycles. The second-order valence-electron chi connectivity index (χ2n) is 9.76. The summed E-state index contributed by atoms with van der Waals surface area (Å²) in [6.07, 6.45) is 0. The van der Waals surface area contributed by atoms with Crippen molar-refractivity contribution in [3.05, 3.63) is 121 Å². The first-order valence-electron chi connectivity index (χ1n) is 12.9. The van der Waals surface area contributed by atoms with Crippen molar-refractivity contribution in [2.75, 3.05) is 0 Å². The molecule has 0 aliphatic carbocycles. The van der Waals surface area contributed by atoms with Crippen molar-refractivity contribution in [3.8, 4) is 22.6 Å². The molecule has 8 rings (SSSR count). The molecule has 2 heterocycles. The lowest BCUT2D eigenvalue weighted by molar-refractivity contribution is 0.451. The molecule has 0 saturated heterocycles. The predicted octanol–water partition coefficient (Wildman–Crippen LogP) is 8.41. The van der Waals surface area contributed by atoms with Crippen LogP contribution in [0, 0.1) is 0 Å². The number of hydrogen-bond donors (Lipinski definition) is 1. The molecule has 0 bridgehead atoms. The highest BCUT2D eigenvalue weighted by Crippen LogP contribution is 2.42. The summed E-state index contributed by atoms with van der Waals surface area (Å²) in [5.41, 5.74) is 7.08. The minimum atomic E-state index is 0.485. The molecule has 0 amide bonds. The summed E-state index contributed by atoms with van der Waals surface area (Å²) in [6.45, 7) is 0. The summed E-state index contributed by atoms with van der Waals surface area (Å²) in [5.74, 6) is 0.485. The van der Waals surface area contributed by atoms with E-state index in [1.807, 2.05) is 30.3 Å². The van der Waals surface area contributed by atoms with Crippen molar-refractivity contribution in [1.82, 2.24) is 4.57 Å². The molecule has 1 radical (unpaired) electrons. The smallest absolute Gasteiger partial charge is 0.535 e. The quantitative estimate of drug-likeness (QED) is 0.246. The fourth-order valence-electron chi connectivity index (χ4n) is 5.93. The third-order valence-electron chi connectivity index (χ3n) is 7.63. The van der Waals surface area contributed by atoms with Crippen molar-refractivity contribution in [2.24, 2.45) is 0 Å². The van der Waals surface area contributed by atoms with Gasteiger partial charge in [0.2, 0.25) is 0 Å². The first-order chi connectivity index (χ1) is 19.3.